The van der Waals surface area contributed by atoms with Crippen LogP contribution in [0.3, 0.4) is 0 Å². The summed E-state index contributed by atoms with van der Waals surface area (Å²) in [7, 11) is 3.26. The molecule has 0 amide bonds. The highest BCUT2D eigenvalue weighted by Gasteiger charge is 2.29. The molecular formula is C18H21NO4S. The van der Waals surface area contributed by atoms with E-state index in [9.17, 15) is 9.90 Å². The number of hydrogen-bond acceptors (Lipinski definition) is 5. The summed E-state index contributed by atoms with van der Waals surface area (Å²) in [4.78, 5) is 13.9. The molecule has 3 rings (SSSR count). The van der Waals surface area contributed by atoms with Gasteiger partial charge in [0.25, 0.3) is 0 Å². The van der Waals surface area contributed by atoms with E-state index >= 15 is 0 Å². The van der Waals surface area contributed by atoms with E-state index in [1.54, 1.807) is 14.2 Å². The Bertz CT molecular complexity index is 679. The molecule has 1 N–H and O–H groups in total. The van der Waals surface area contributed by atoms with Crippen LogP contribution in [-0.2, 0) is 17.6 Å². The monoisotopic (exact) mass is 347 g/mol. The van der Waals surface area contributed by atoms with Crippen LogP contribution in [0.2, 0.25) is 0 Å². The fourth-order valence-electron chi connectivity index (χ4n) is 3.27. The first-order valence-electron chi connectivity index (χ1n) is 7.86. The molecule has 1 aliphatic rings. The number of aliphatic carboxylic acids is 1. The minimum absolute atomic E-state index is 0.589. The van der Waals surface area contributed by atoms with Gasteiger partial charge in [0.15, 0.2) is 11.5 Å². The number of benzene rings is 1. The average Bonchev–Trinajstić information content (AvgIpc) is 3.02. The second-order valence-electron chi connectivity index (χ2n) is 5.81. The number of nitrogens with zero attached hydrogens (tertiary/aromatic N) is 1. The van der Waals surface area contributed by atoms with Crippen LogP contribution in [0.4, 0.5) is 0 Å². The topological polar surface area (TPSA) is 59.0 Å². The summed E-state index contributed by atoms with van der Waals surface area (Å²) in [5.74, 6) is 0.643. The van der Waals surface area contributed by atoms with Crippen LogP contribution in [0.25, 0.3) is 0 Å². The molecule has 2 heterocycles. The molecule has 1 aromatic heterocycles. The Kier molecular flexibility index (Phi) is 5.06. The van der Waals surface area contributed by atoms with Crippen molar-refractivity contribution in [2.24, 2.45) is 0 Å². The summed E-state index contributed by atoms with van der Waals surface area (Å²) in [6, 6.07) is 5.33. The van der Waals surface area contributed by atoms with Crippen LogP contribution in [0, 0.1) is 0 Å². The third-order valence-corrected chi connectivity index (χ3v) is 5.20. The fourth-order valence-corrected chi connectivity index (χ4v) is 3.95. The Morgan fingerprint density at radius 3 is 2.17 bits per heavy atom. The number of carbonyl (C=O) groups is 1. The lowest BCUT2D eigenvalue weighted by Crippen LogP contribution is -2.35. The van der Waals surface area contributed by atoms with Gasteiger partial charge in [0.05, 0.1) is 14.2 Å². The lowest BCUT2D eigenvalue weighted by molar-refractivity contribution is -0.143. The smallest absolute Gasteiger partial charge is 0.325 e. The number of fused-ring (bicyclic) bond motifs is 1. The van der Waals surface area contributed by atoms with Crippen molar-refractivity contribution in [2.75, 3.05) is 27.3 Å². The zero-order valence-electron chi connectivity index (χ0n) is 13.8. The molecule has 0 bridgehead atoms. The fraction of sp³-hybridized carbons (Fsp3) is 0.389. The highest BCUT2D eigenvalue weighted by Crippen LogP contribution is 2.33. The van der Waals surface area contributed by atoms with Gasteiger partial charge >= 0.3 is 5.97 Å². The summed E-state index contributed by atoms with van der Waals surface area (Å²) in [5, 5.41) is 13.5. The van der Waals surface area contributed by atoms with Crippen molar-refractivity contribution in [1.29, 1.82) is 0 Å². The van der Waals surface area contributed by atoms with Gasteiger partial charge in [-0.3, -0.25) is 9.69 Å². The van der Waals surface area contributed by atoms with E-state index in [0.717, 1.165) is 29.9 Å². The molecule has 6 heteroatoms. The Balaban J connectivity index is 1.86. The standard InChI is InChI=1S/C18H21NO4S/c1-22-15-9-12-3-6-19(7-4-13(12)10-16(15)23-2)17(18(20)21)14-5-8-24-11-14/h5,8-11,17H,3-4,6-7H2,1-2H3,(H,20,21). The second kappa shape index (κ2) is 7.23. The number of rotatable bonds is 5. The molecule has 1 atom stereocenters. The predicted molar refractivity (Wildman–Crippen MR) is 93.2 cm³/mol. The molecule has 1 unspecified atom stereocenters. The third-order valence-electron chi connectivity index (χ3n) is 4.50. The zero-order valence-corrected chi connectivity index (χ0v) is 14.6. The van der Waals surface area contributed by atoms with E-state index in [1.165, 1.54) is 22.5 Å². The van der Waals surface area contributed by atoms with Crippen LogP contribution in [-0.4, -0.2) is 43.3 Å². The zero-order chi connectivity index (χ0) is 17.1. The van der Waals surface area contributed by atoms with Gasteiger partial charge in [-0.05, 0) is 58.5 Å². The maximum atomic E-state index is 11.8. The molecule has 1 aromatic carbocycles. The van der Waals surface area contributed by atoms with E-state index in [0.29, 0.717) is 13.1 Å². The van der Waals surface area contributed by atoms with Crippen LogP contribution >= 0.6 is 11.3 Å². The molecule has 5 nitrogen and oxygen atoms in total. The molecule has 0 radical (unpaired) electrons. The highest BCUT2D eigenvalue weighted by molar-refractivity contribution is 7.08. The van der Waals surface area contributed by atoms with E-state index in [2.05, 4.69) is 0 Å². The van der Waals surface area contributed by atoms with Crippen molar-refractivity contribution in [3.05, 3.63) is 45.6 Å². The number of thiophene rings is 1. The Morgan fingerprint density at radius 1 is 1.17 bits per heavy atom. The van der Waals surface area contributed by atoms with Gasteiger partial charge in [0.2, 0.25) is 0 Å². The Labute approximate surface area is 145 Å². The predicted octanol–water partition coefficient (Wildman–Crippen LogP) is 2.99. The summed E-state index contributed by atoms with van der Waals surface area (Å²) in [6.45, 7) is 1.41. The molecule has 1 aliphatic heterocycles. The maximum absolute atomic E-state index is 11.8. The molecule has 0 saturated heterocycles. The minimum atomic E-state index is -0.797. The number of carboxylic acid groups (broad SMARTS) is 1. The van der Waals surface area contributed by atoms with Gasteiger partial charge in [-0.2, -0.15) is 11.3 Å². The summed E-state index contributed by atoms with van der Waals surface area (Å²) < 4.78 is 10.8. The van der Waals surface area contributed by atoms with Crippen molar-refractivity contribution < 1.29 is 19.4 Å². The van der Waals surface area contributed by atoms with E-state index in [-0.39, 0.29) is 0 Å². The quantitative estimate of drug-likeness (QED) is 0.901. The number of ether oxygens (including phenoxy) is 2. The lowest BCUT2D eigenvalue weighted by atomic mass is 10.0. The molecule has 24 heavy (non-hydrogen) atoms. The van der Waals surface area contributed by atoms with Gasteiger partial charge in [-0.15, -0.1) is 0 Å². The third kappa shape index (κ3) is 3.25. The number of carboxylic acids is 1. The summed E-state index contributed by atoms with van der Waals surface area (Å²) in [6.07, 6.45) is 1.59. The van der Waals surface area contributed by atoms with Gasteiger partial charge < -0.3 is 14.6 Å². The average molecular weight is 347 g/mol. The summed E-state index contributed by atoms with van der Waals surface area (Å²) >= 11 is 1.53. The largest absolute Gasteiger partial charge is 0.493 e. The van der Waals surface area contributed by atoms with E-state index in [1.807, 2.05) is 33.9 Å². The van der Waals surface area contributed by atoms with Gasteiger partial charge in [0, 0.05) is 13.1 Å². The first kappa shape index (κ1) is 16.8. The number of methoxy groups -OCH3 is 2. The molecule has 0 aliphatic carbocycles. The number of hydrogen-bond donors (Lipinski definition) is 1. The SMILES string of the molecule is COc1cc2c(cc1OC)CCN(C(C(=O)O)c1ccsc1)CC2. The molecule has 0 fully saturated rings. The van der Waals surface area contributed by atoms with Crippen LogP contribution in [0.1, 0.15) is 22.7 Å². The maximum Gasteiger partial charge on any atom is 0.325 e. The van der Waals surface area contributed by atoms with Crippen LogP contribution in [0.5, 0.6) is 11.5 Å². The first-order valence-corrected chi connectivity index (χ1v) is 8.81. The van der Waals surface area contributed by atoms with E-state index < -0.39 is 12.0 Å². The van der Waals surface area contributed by atoms with Crippen LogP contribution < -0.4 is 9.47 Å². The highest BCUT2D eigenvalue weighted by atomic mass is 32.1. The van der Waals surface area contributed by atoms with E-state index in [4.69, 9.17) is 9.47 Å². The normalized spacial score (nSPS) is 16.1. The molecular weight excluding hydrogens is 326 g/mol. The van der Waals surface area contributed by atoms with Crippen LogP contribution in [0.15, 0.2) is 29.0 Å². The Hall–Kier alpha value is -2.05. The molecule has 0 spiro atoms. The molecule has 2 aromatic rings. The molecule has 128 valence electrons. The van der Waals surface area contributed by atoms with Gasteiger partial charge in [-0.25, -0.2) is 0 Å². The van der Waals surface area contributed by atoms with Crippen molar-refractivity contribution in [3.8, 4) is 11.5 Å². The van der Waals surface area contributed by atoms with Crippen molar-refractivity contribution in [3.63, 3.8) is 0 Å². The minimum Gasteiger partial charge on any atom is -0.493 e. The van der Waals surface area contributed by atoms with Crippen molar-refractivity contribution in [1.82, 2.24) is 4.90 Å². The summed E-state index contributed by atoms with van der Waals surface area (Å²) in [5.41, 5.74) is 3.25. The van der Waals surface area contributed by atoms with Gasteiger partial charge in [-0.1, -0.05) is 0 Å². The Morgan fingerprint density at radius 2 is 1.75 bits per heavy atom. The van der Waals surface area contributed by atoms with Crippen molar-refractivity contribution >= 4 is 17.3 Å². The molecule has 0 saturated carbocycles. The first-order chi connectivity index (χ1) is 11.6. The van der Waals surface area contributed by atoms with Crippen molar-refractivity contribution in [2.45, 2.75) is 18.9 Å². The lowest BCUT2D eigenvalue weighted by Gasteiger charge is -2.26. The van der Waals surface area contributed by atoms with Gasteiger partial charge in [0.1, 0.15) is 6.04 Å². The second-order valence-corrected chi connectivity index (χ2v) is 6.59.